The van der Waals surface area contributed by atoms with E-state index in [-0.39, 0.29) is 11.4 Å². The lowest BCUT2D eigenvalue weighted by Gasteiger charge is -2.34. The number of carbonyl (C=O) groups excluding carboxylic acids is 1. The highest BCUT2D eigenvalue weighted by Gasteiger charge is 2.30. The largest absolute Gasteiger partial charge is 0.381 e. The molecule has 0 bridgehead atoms. The molecule has 2 heterocycles. The van der Waals surface area contributed by atoms with Gasteiger partial charge < -0.3 is 14.6 Å². The third kappa shape index (κ3) is 2.54. The zero-order valence-corrected chi connectivity index (χ0v) is 10.7. The number of aryl methyl sites for hydroxylation is 1. The first kappa shape index (κ1) is 12.7. The van der Waals surface area contributed by atoms with Gasteiger partial charge in [0.1, 0.15) is 11.8 Å². The minimum Gasteiger partial charge on any atom is -0.381 e. The van der Waals surface area contributed by atoms with Crippen LogP contribution < -0.4 is 5.32 Å². The van der Waals surface area contributed by atoms with Crippen LogP contribution in [0, 0.1) is 11.3 Å². The van der Waals surface area contributed by atoms with E-state index in [1.807, 2.05) is 13.0 Å². The Labute approximate surface area is 106 Å². The average Bonchev–Trinajstić information content (AvgIpc) is 2.71. The summed E-state index contributed by atoms with van der Waals surface area (Å²) in [5.74, 6) is -0.136. The Balaban J connectivity index is 2.11. The standard InChI is InChI=1S/C13H17N3O2/c1-13(3-5-18-6-4-13)15-12(17)11-7-10(8-14)9-16(11)2/h7,9H,3-6H2,1-2H3,(H,15,17). The topological polar surface area (TPSA) is 67.0 Å². The fourth-order valence-corrected chi connectivity index (χ4v) is 2.14. The Morgan fingerprint density at radius 2 is 2.22 bits per heavy atom. The van der Waals surface area contributed by atoms with Gasteiger partial charge in [0.15, 0.2) is 0 Å². The van der Waals surface area contributed by atoms with Crippen LogP contribution >= 0.6 is 0 Å². The molecule has 0 atom stereocenters. The Bertz CT molecular complexity index is 493. The van der Waals surface area contributed by atoms with Crippen LogP contribution in [-0.2, 0) is 11.8 Å². The molecule has 18 heavy (non-hydrogen) atoms. The maximum Gasteiger partial charge on any atom is 0.268 e. The fraction of sp³-hybridized carbons (Fsp3) is 0.538. The minimum absolute atomic E-state index is 0.136. The number of hydrogen-bond acceptors (Lipinski definition) is 3. The van der Waals surface area contributed by atoms with Gasteiger partial charge >= 0.3 is 0 Å². The molecule has 96 valence electrons. The quantitative estimate of drug-likeness (QED) is 0.853. The summed E-state index contributed by atoms with van der Waals surface area (Å²) in [7, 11) is 1.77. The molecule has 1 amide bonds. The molecule has 1 fully saturated rings. The van der Waals surface area contributed by atoms with Crippen LogP contribution in [0.2, 0.25) is 0 Å². The molecule has 5 heteroatoms. The normalized spacial score (nSPS) is 18.1. The van der Waals surface area contributed by atoms with Crippen LogP contribution in [0.5, 0.6) is 0 Å². The lowest BCUT2D eigenvalue weighted by Crippen LogP contribution is -2.49. The number of ether oxygens (including phenoxy) is 1. The van der Waals surface area contributed by atoms with Crippen molar-refractivity contribution in [1.29, 1.82) is 5.26 Å². The smallest absolute Gasteiger partial charge is 0.268 e. The number of aromatic nitrogens is 1. The number of carbonyl (C=O) groups is 1. The van der Waals surface area contributed by atoms with E-state index in [0.29, 0.717) is 24.5 Å². The number of hydrogen-bond donors (Lipinski definition) is 1. The maximum atomic E-state index is 12.2. The Hall–Kier alpha value is -1.80. The van der Waals surface area contributed by atoms with Crippen LogP contribution in [0.4, 0.5) is 0 Å². The van der Waals surface area contributed by atoms with Crippen molar-refractivity contribution in [2.24, 2.45) is 7.05 Å². The van der Waals surface area contributed by atoms with Crippen LogP contribution in [0.1, 0.15) is 35.8 Å². The SMILES string of the molecule is Cn1cc(C#N)cc1C(=O)NC1(C)CCOCC1. The highest BCUT2D eigenvalue weighted by atomic mass is 16.5. The Morgan fingerprint density at radius 1 is 1.56 bits per heavy atom. The second kappa shape index (κ2) is 4.83. The van der Waals surface area contributed by atoms with Gasteiger partial charge in [0.25, 0.3) is 5.91 Å². The van der Waals surface area contributed by atoms with Crippen molar-refractivity contribution < 1.29 is 9.53 Å². The third-order valence-corrected chi connectivity index (χ3v) is 3.38. The summed E-state index contributed by atoms with van der Waals surface area (Å²) < 4.78 is 6.98. The van der Waals surface area contributed by atoms with E-state index in [1.165, 1.54) is 0 Å². The molecule has 5 nitrogen and oxygen atoms in total. The monoisotopic (exact) mass is 247 g/mol. The van der Waals surface area contributed by atoms with Crippen molar-refractivity contribution in [3.8, 4) is 6.07 Å². The lowest BCUT2D eigenvalue weighted by atomic mass is 9.92. The van der Waals surface area contributed by atoms with E-state index in [2.05, 4.69) is 5.32 Å². The van der Waals surface area contributed by atoms with Crippen molar-refractivity contribution in [3.05, 3.63) is 23.5 Å². The molecule has 2 rings (SSSR count). The van der Waals surface area contributed by atoms with E-state index in [9.17, 15) is 4.79 Å². The van der Waals surface area contributed by atoms with E-state index in [0.717, 1.165) is 12.8 Å². The van der Waals surface area contributed by atoms with Crippen molar-refractivity contribution in [2.45, 2.75) is 25.3 Å². The molecule has 0 aromatic carbocycles. The molecule has 1 aromatic rings. The maximum absolute atomic E-state index is 12.2. The van der Waals surface area contributed by atoms with E-state index in [4.69, 9.17) is 10.00 Å². The first-order valence-corrected chi connectivity index (χ1v) is 6.01. The second-order valence-corrected chi connectivity index (χ2v) is 4.96. The zero-order chi connectivity index (χ0) is 13.2. The van der Waals surface area contributed by atoms with Crippen LogP contribution in [-0.4, -0.2) is 29.2 Å². The van der Waals surface area contributed by atoms with E-state index in [1.54, 1.807) is 23.9 Å². The van der Waals surface area contributed by atoms with E-state index < -0.39 is 0 Å². The van der Waals surface area contributed by atoms with Crippen molar-refractivity contribution in [2.75, 3.05) is 13.2 Å². The van der Waals surface area contributed by atoms with Crippen LogP contribution in [0.3, 0.4) is 0 Å². The molecule has 0 radical (unpaired) electrons. The average molecular weight is 247 g/mol. The molecule has 0 aliphatic carbocycles. The van der Waals surface area contributed by atoms with Gasteiger partial charge in [0.2, 0.25) is 0 Å². The zero-order valence-electron chi connectivity index (χ0n) is 10.7. The number of nitrogens with zero attached hydrogens (tertiary/aromatic N) is 2. The van der Waals surface area contributed by atoms with Gasteiger partial charge in [0.05, 0.1) is 5.56 Å². The number of amides is 1. The summed E-state index contributed by atoms with van der Waals surface area (Å²) in [6.07, 6.45) is 3.28. The Morgan fingerprint density at radius 3 is 2.78 bits per heavy atom. The summed E-state index contributed by atoms with van der Waals surface area (Å²) >= 11 is 0. The number of rotatable bonds is 2. The number of nitriles is 1. The van der Waals surface area contributed by atoms with Crippen molar-refractivity contribution >= 4 is 5.91 Å². The molecule has 1 saturated heterocycles. The molecule has 1 aromatic heterocycles. The minimum atomic E-state index is -0.216. The van der Waals surface area contributed by atoms with Gasteiger partial charge in [-0.3, -0.25) is 4.79 Å². The Kier molecular flexibility index (Phi) is 3.39. The third-order valence-electron chi connectivity index (χ3n) is 3.38. The van der Waals surface area contributed by atoms with Gasteiger partial charge in [0, 0.05) is 32.0 Å². The first-order chi connectivity index (χ1) is 8.54. The van der Waals surface area contributed by atoms with Gasteiger partial charge in [-0.2, -0.15) is 5.26 Å². The predicted octanol–water partition coefficient (Wildman–Crippen LogP) is 1.20. The summed E-state index contributed by atoms with van der Waals surface area (Å²) in [6, 6.07) is 3.64. The molecular weight excluding hydrogens is 230 g/mol. The fourth-order valence-electron chi connectivity index (χ4n) is 2.14. The highest BCUT2D eigenvalue weighted by molar-refractivity contribution is 5.93. The highest BCUT2D eigenvalue weighted by Crippen LogP contribution is 2.20. The van der Waals surface area contributed by atoms with Gasteiger partial charge in [-0.05, 0) is 25.8 Å². The molecular formula is C13H17N3O2. The summed E-state index contributed by atoms with van der Waals surface area (Å²) in [6.45, 7) is 3.38. The summed E-state index contributed by atoms with van der Waals surface area (Å²) in [5.41, 5.74) is 0.797. The van der Waals surface area contributed by atoms with Crippen LogP contribution in [0.15, 0.2) is 12.3 Å². The molecule has 1 aliphatic rings. The summed E-state index contributed by atoms with van der Waals surface area (Å²) in [5, 5.41) is 11.9. The van der Waals surface area contributed by atoms with Gasteiger partial charge in [-0.15, -0.1) is 0 Å². The summed E-state index contributed by atoms with van der Waals surface area (Å²) in [4.78, 5) is 12.2. The molecule has 0 spiro atoms. The first-order valence-electron chi connectivity index (χ1n) is 6.01. The predicted molar refractivity (Wildman–Crippen MR) is 66.1 cm³/mol. The number of nitrogens with one attached hydrogen (secondary N) is 1. The van der Waals surface area contributed by atoms with Crippen molar-refractivity contribution in [3.63, 3.8) is 0 Å². The molecule has 0 unspecified atom stereocenters. The van der Waals surface area contributed by atoms with Crippen molar-refractivity contribution in [1.82, 2.24) is 9.88 Å². The van der Waals surface area contributed by atoms with Gasteiger partial charge in [-0.1, -0.05) is 0 Å². The molecule has 1 N–H and O–H groups in total. The lowest BCUT2D eigenvalue weighted by molar-refractivity contribution is 0.0420. The van der Waals surface area contributed by atoms with Crippen LogP contribution in [0.25, 0.3) is 0 Å². The molecule has 0 saturated carbocycles. The second-order valence-electron chi connectivity index (χ2n) is 4.96. The molecule has 1 aliphatic heterocycles. The van der Waals surface area contributed by atoms with E-state index >= 15 is 0 Å². The van der Waals surface area contributed by atoms with Gasteiger partial charge in [-0.25, -0.2) is 0 Å².